The zero-order valence-electron chi connectivity index (χ0n) is 13.3. The smallest absolute Gasteiger partial charge is 0.124 e. The molecule has 0 saturated carbocycles. The molecule has 0 aliphatic carbocycles. The summed E-state index contributed by atoms with van der Waals surface area (Å²) in [5.74, 6) is 0.455. The van der Waals surface area contributed by atoms with Gasteiger partial charge in [-0.15, -0.1) is 0 Å². The van der Waals surface area contributed by atoms with Gasteiger partial charge in [-0.3, -0.25) is 0 Å². The molecule has 0 heterocycles. The van der Waals surface area contributed by atoms with E-state index in [-0.39, 0.29) is 5.82 Å². The Morgan fingerprint density at radius 3 is 2.40 bits per heavy atom. The van der Waals surface area contributed by atoms with Crippen LogP contribution in [0.25, 0.3) is 0 Å². The normalized spacial score (nSPS) is 10.5. The van der Waals surface area contributed by atoms with Gasteiger partial charge >= 0.3 is 0 Å². The third-order valence-electron chi connectivity index (χ3n) is 3.69. The van der Waals surface area contributed by atoms with Gasteiger partial charge in [0.05, 0.1) is 0 Å². The van der Waals surface area contributed by atoms with Gasteiger partial charge in [0.25, 0.3) is 0 Å². The molecule has 0 spiro atoms. The molecule has 0 fully saturated rings. The summed E-state index contributed by atoms with van der Waals surface area (Å²) >= 11 is 12.3. The Balaban J connectivity index is 1.71. The van der Waals surface area contributed by atoms with E-state index < -0.39 is 0 Å². The minimum Gasteiger partial charge on any atom is -0.488 e. The fourth-order valence-corrected chi connectivity index (χ4v) is 2.75. The van der Waals surface area contributed by atoms with Gasteiger partial charge < -0.3 is 10.1 Å². The quantitative estimate of drug-likeness (QED) is 0.543. The van der Waals surface area contributed by atoms with Crippen LogP contribution < -0.4 is 10.1 Å². The van der Waals surface area contributed by atoms with Crippen molar-refractivity contribution in [3.63, 3.8) is 0 Å². The molecular formula is C20H16Cl2FNO. The van der Waals surface area contributed by atoms with E-state index in [2.05, 4.69) is 5.32 Å². The number of anilines is 1. The molecule has 0 unspecified atom stereocenters. The van der Waals surface area contributed by atoms with E-state index in [0.717, 1.165) is 22.6 Å². The summed E-state index contributed by atoms with van der Waals surface area (Å²) in [4.78, 5) is 0. The topological polar surface area (TPSA) is 21.3 Å². The van der Waals surface area contributed by atoms with Crippen LogP contribution in [0.1, 0.15) is 11.1 Å². The van der Waals surface area contributed by atoms with Crippen LogP contribution in [0.15, 0.2) is 66.7 Å². The highest BCUT2D eigenvalue weighted by molar-refractivity contribution is 6.31. The molecule has 0 amide bonds. The van der Waals surface area contributed by atoms with E-state index in [4.69, 9.17) is 27.9 Å². The van der Waals surface area contributed by atoms with Gasteiger partial charge in [0, 0.05) is 33.4 Å². The number of halogens is 3. The molecule has 3 aromatic carbocycles. The summed E-state index contributed by atoms with van der Waals surface area (Å²) < 4.78 is 18.9. The first-order chi connectivity index (χ1) is 12.1. The maximum Gasteiger partial charge on any atom is 0.124 e. The van der Waals surface area contributed by atoms with Crippen LogP contribution in [0.3, 0.4) is 0 Å². The van der Waals surface area contributed by atoms with Gasteiger partial charge in [0.1, 0.15) is 18.2 Å². The zero-order chi connectivity index (χ0) is 17.6. The Kier molecular flexibility index (Phi) is 5.79. The monoisotopic (exact) mass is 375 g/mol. The molecule has 3 aromatic rings. The highest BCUT2D eigenvalue weighted by Crippen LogP contribution is 2.26. The summed E-state index contributed by atoms with van der Waals surface area (Å²) in [6.07, 6.45) is 0. The maximum absolute atomic E-state index is 13.0. The summed E-state index contributed by atoms with van der Waals surface area (Å²) in [5.41, 5.74) is 2.64. The average Bonchev–Trinajstić information content (AvgIpc) is 2.62. The third kappa shape index (κ3) is 4.88. The van der Waals surface area contributed by atoms with Crippen molar-refractivity contribution < 1.29 is 9.13 Å². The van der Waals surface area contributed by atoms with Crippen molar-refractivity contribution in [2.45, 2.75) is 13.2 Å². The standard InChI is InChI=1S/C20H16Cl2FNO/c21-16-5-10-20(25-13-14-3-1-2-4-19(14)22)15(11-16)12-24-18-8-6-17(23)7-9-18/h1-11,24H,12-13H2. The van der Waals surface area contributed by atoms with Gasteiger partial charge in [0.15, 0.2) is 0 Å². The molecule has 0 aliphatic heterocycles. The molecule has 0 atom stereocenters. The van der Waals surface area contributed by atoms with Gasteiger partial charge in [-0.25, -0.2) is 4.39 Å². The zero-order valence-corrected chi connectivity index (χ0v) is 14.8. The third-order valence-corrected chi connectivity index (χ3v) is 4.29. The summed E-state index contributed by atoms with van der Waals surface area (Å²) in [5, 5.41) is 4.53. The van der Waals surface area contributed by atoms with Gasteiger partial charge in [0.2, 0.25) is 0 Å². The van der Waals surface area contributed by atoms with E-state index in [1.807, 2.05) is 36.4 Å². The molecule has 0 aromatic heterocycles. The Hall–Kier alpha value is -2.23. The lowest BCUT2D eigenvalue weighted by Crippen LogP contribution is -2.04. The maximum atomic E-state index is 13.0. The molecule has 25 heavy (non-hydrogen) atoms. The summed E-state index contributed by atoms with van der Waals surface area (Å²) in [6.45, 7) is 0.870. The number of rotatable bonds is 6. The molecule has 0 radical (unpaired) electrons. The van der Waals surface area contributed by atoms with E-state index >= 15 is 0 Å². The molecule has 128 valence electrons. The summed E-state index contributed by atoms with van der Waals surface area (Å²) in [7, 11) is 0. The molecule has 0 bridgehead atoms. The molecule has 0 saturated heterocycles. The average molecular weight is 376 g/mol. The van der Waals surface area contributed by atoms with Crippen LogP contribution in [-0.4, -0.2) is 0 Å². The van der Waals surface area contributed by atoms with Crippen LogP contribution in [0.4, 0.5) is 10.1 Å². The number of hydrogen-bond acceptors (Lipinski definition) is 2. The lowest BCUT2D eigenvalue weighted by atomic mass is 10.2. The SMILES string of the molecule is Fc1ccc(NCc2cc(Cl)ccc2OCc2ccccc2Cl)cc1. The summed E-state index contributed by atoms with van der Waals surface area (Å²) in [6, 6.07) is 19.2. The first-order valence-electron chi connectivity index (χ1n) is 7.76. The number of nitrogens with one attached hydrogen (secondary N) is 1. The van der Waals surface area contributed by atoms with E-state index in [1.54, 1.807) is 18.2 Å². The second-order valence-electron chi connectivity index (χ2n) is 5.49. The predicted octanol–water partition coefficient (Wildman–Crippen LogP) is 6.32. The lowest BCUT2D eigenvalue weighted by Gasteiger charge is -2.14. The number of ether oxygens (including phenoxy) is 1. The van der Waals surface area contributed by atoms with Gasteiger partial charge in [-0.05, 0) is 48.5 Å². The Morgan fingerprint density at radius 1 is 0.880 bits per heavy atom. The van der Waals surface area contributed by atoms with Crippen molar-refractivity contribution in [3.8, 4) is 5.75 Å². The van der Waals surface area contributed by atoms with Gasteiger partial charge in [-0.2, -0.15) is 0 Å². The Labute approximate surface area is 156 Å². The van der Waals surface area contributed by atoms with Crippen molar-refractivity contribution in [2.24, 2.45) is 0 Å². The fraction of sp³-hybridized carbons (Fsp3) is 0.100. The number of hydrogen-bond donors (Lipinski definition) is 1. The van der Waals surface area contributed by atoms with Crippen LogP contribution in [-0.2, 0) is 13.2 Å². The molecular weight excluding hydrogens is 360 g/mol. The molecule has 5 heteroatoms. The Morgan fingerprint density at radius 2 is 1.64 bits per heavy atom. The first kappa shape index (κ1) is 17.6. The minimum absolute atomic E-state index is 0.267. The van der Waals surface area contributed by atoms with E-state index in [1.165, 1.54) is 12.1 Å². The lowest BCUT2D eigenvalue weighted by molar-refractivity contribution is 0.303. The molecule has 2 nitrogen and oxygen atoms in total. The first-order valence-corrected chi connectivity index (χ1v) is 8.51. The minimum atomic E-state index is -0.267. The van der Waals surface area contributed by atoms with Crippen molar-refractivity contribution in [1.29, 1.82) is 0 Å². The molecule has 0 aliphatic rings. The molecule has 1 N–H and O–H groups in total. The molecule has 3 rings (SSSR count). The van der Waals surface area contributed by atoms with E-state index in [0.29, 0.717) is 23.2 Å². The fourth-order valence-electron chi connectivity index (χ4n) is 2.36. The van der Waals surface area contributed by atoms with Crippen LogP contribution >= 0.6 is 23.2 Å². The largest absolute Gasteiger partial charge is 0.488 e. The van der Waals surface area contributed by atoms with Crippen LogP contribution in [0.5, 0.6) is 5.75 Å². The van der Waals surface area contributed by atoms with Crippen molar-refractivity contribution in [3.05, 3.63) is 93.7 Å². The van der Waals surface area contributed by atoms with E-state index in [9.17, 15) is 4.39 Å². The second kappa shape index (κ2) is 8.24. The predicted molar refractivity (Wildman–Crippen MR) is 101 cm³/mol. The Bertz CT molecular complexity index is 853. The van der Waals surface area contributed by atoms with Gasteiger partial charge in [-0.1, -0.05) is 41.4 Å². The second-order valence-corrected chi connectivity index (χ2v) is 6.34. The highest BCUT2D eigenvalue weighted by Gasteiger charge is 2.07. The van der Waals surface area contributed by atoms with Crippen molar-refractivity contribution >= 4 is 28.9 Å². The van der Waals surface area contributed by atoms with Crippen molar-refractivity contribution in [2.75, 3.05) is 5.32 Å². The van der Waals surface area contributed by atoms with Crippen molar-refractivity contribution in [1.82, 2.24) is 0 Å². The van der Waals surface area contributed by atoms with Crippen LogP contribution in [0.2, 0.25) is 10.0 Å². The highest BCUT2D eigenvalue weighted by atomic mass is 35.5. The number of benzene rings is 3. The van der Waals surface area contributed by atoms with Crippen LogP contribution in [0, 0.1) is 5.82 Å².